The Hall–Kier alpha value is -0.980. The Morgan fingerprint density at radius 2 is 1.95 bits per heavy atom. The zero-order valence-electron chi connectivity index (χ0n) is 11.8. The van der Waals surface area contributed by atoms with E-state index in [9.17, 15) is 8.42 Å². The molecule has 1 aliphatic carbocycles. The van der Waals surface area contributed by atoms with Gasteiger partial charge in [0, 0.05) is 19.3 Å². The highest BCUT2D eigenvalue weighted by molar-refractivity contribution is 7.92. The summed E-state index contributed by atoms with van der Waals surface area (Å²) >= 11 is 5.14. The summed E-state index contributed by atoms with van der Waals surface area (Å²) in [6, 6.07) is 7.80. The number of ether oxygens (including phenoxy) is 1. The van der Waals surface area contributed by atoms with Gasteiger partial charge in [0.2, 0.25) is 0 Å². The van der Waals surface area contributed by atoms with Crippen molar-refractivity contribution in [2.45, 2.75) is 18.1 Å². The molecule has 0 spiro atoms. The summed E-state index contributed by atoms with van der Waals surface area (Å²) in [7, 11) is -1.73. The second-order valence-corrected chi connectivity index (χ2v) is 8.08. The fourth-order valence-corrected chi connectivity index (χ4v) is 5.36. The van der Waals surface area contributed by atoms with Crippen molar-refractivity contribution >= 4 is 27.0 Å². The van der Waals surface area contributed by atoms with Gasteiger partial charge >= 0.3 is 0 Å². The number of nitrogens with two attached hydrogens (primary N) is 1. The average Bonchev–Trinajstić information content (AvgIpc) is 3.01. The second kappa shape index (κ2) is 5.09. The molecule has 20 heavy (non-hydrogen) atoms. The van der Waals surface area contributed by atoms with Crippen LogP contribution in [0.25, 0.3) is 0 Å². The zero-order valence-corrected chi connectivity index (χ0v) is 13.4. The van der Waals surface area contributed by atoms with E-state index in [1.54, 1.807) is 0 Å². The highest BCUT2D eigenvalue weighted by atomic mass is 32.2. The Balaban J connectivity index is 2.49. The van der Waals surface area contributed by atoms with Gasteiger partial charge in [0.15, 0.2) is 9.84 Å². The lowest BCUT2D eigenvalue weighted by Gasteiger charge is -2.15. The van der Waals surface area contributed by atoms with Crippen molar-refractivity contribution in [3.8, 4) is 0 Å². The molecule has 0 radical (unpaired) electrons. The van der Waals surface area contributed by atoms with E-state index in [0.29, 0.717) is 0 Å². The molecule has 0 bridgehead atoms. The van der Waals surface area contributed by atoms with Gasteiger partial charge in [0.05, 0.1) is 22.3 Å². The van der Waals surface area contributed by atoms with Gasteiger partial charge in [0.25, 0.3) is 0 Å². The maximum Gasteiger partial charge on any atom is 0.152 e. The summed E-state index contributed by atoms with van der Waals surface area (Å²) in [6.07, 6.45) is 1.23. The quantitative estimate of drug-likeness (QED) is 0.833. The first-order valence-electron chi connectivity index (χ1n) is 6.29. The third kappa shape index (κ3) is 2.36. The smallest absolute Gasteiger partial charge is 0.152 e. The molecule has 1 aromatic rings. The van der Waals surface area contributed by atoms with Gasteiger partial charge in [-0.05, 0) is 12.5 Å². The van der Waals surface area contributed by atoms with E-state index >= 15 is 0 Å². The molecule has 110 valence electrons. The Morgan fingerprint density at radius 3 is 2.35 bits per heavy atom. The fourth-order valence-electron chi connectivity index (χ4n) is 3.06. The van der Waals surface area contributed by atoms with Crippen LogP contribution in [0.4, 0.5) is 0 Å². The Morgan fingerprint density at radius 1 is 1.40 bits per heavy atom. The Bertz CT molecular complexity index is 624. The van der Waals surface area contributed by atoms with Crippen molar-refractivity contribution in [1.82, 2.24) is 0 Å². The first-order chi connectivity index (χ1) is 9.25. The van der Waals surface area contributed by atoms with Crippen molar-refractivity contribution in [2.75, 3.05) is 20.0 Å². The number of hydrogen-bond acceptors (Lipinski definition) is 4. The summed E-state index contributed by atoms with van der Waals surface area (Å²) in [5, 5.41) is -0.602. The molecule has 2 rings (SSSR count). The first-order valence-corrected chi connectivity index (χ1v) is 8.65. The molecule has 3 atom stereocenters. The maximum atomic E-state index is 12.1. The minimum atomic E-state index is -3.26. The van der Waals surface area contributed by atoms with E-state index in [1.807, 2.05) is 31.2 Å². The minimum absolute atomic E-state index is 0.209. The molecule has 0 amide bonds. The fraction of sp³-hybridized carbons (Fsp3) is 0.500. The summed E-state index contributed by atoms with van der Waals surface area (Å²) in [6.45, 7) is 2.21. The molecule has 1 saturated carbocycles. The van der Waals surface area contributed by atoms with Crippen molar-refractivity contribution in [2.24, 2.45) is 11.1 Å². The van der Waals surface area contributed by atoms with Crippen molar-refractivity contribution < 1.29 is 13.2 Å². The Kier molecular flexibility index (Phi) is 3.92. The first kappa shape index (κ1) is 15.4. The van der Waals surface area contributed by atoms with Crippen molar-refractivity contribution in [3.05, 3.63) is 35.4 Å². The van der Waals surface area contributed by atoms with Crippen LogP contribution < -0.4 is 5.73 Å². The van der Waals surface area contributed by atoms with Gasteiger partial charge in [-0.2, -0.15) is 0 Å². The van der Waals surface area contributed by atoms with E-state index in [2.05, 4.69) is 0 Å². The molecular weight excluding hydrogens is 294 g/mol. The number of aryl methyl sites for hydroxylation is 1. The van der Waals surface area contributed by atoms with Gasteiger partial charge in [-0.3, -0.25) is 0 Å². The number of thiocarbonyl (C=S) groups is 1. The lowest BCUT2D eigenvalue weighted by atomic mass is 9.99. The predicted molar refractivity (Wildman–Crippen MR) is 83.6 cm³/mol. The lowest BCUT2D eigenvalue weighted by Crippen LogP contribution is -2.32. The zero-order chi connectivity index (χ0) is 15.1. The van der Waals surface area contributed by atoms with Crippen molar-refractivity contribution in [1.29, 1.82) is 0 Å². The monoisotopic (exact) mass is 313 g/mol. The maximum absolute atomic E-state index is 12.1. The molecule has 0 unspecified atom stereocenters. The number of methoxy groups -OCH3 is 1. The predicted octanol–water partition coefficient (Wildman–Crippen LogP) is 1.42. The number of sulfone groups is 1. The summed E-state index contributed by atoms with van der Waals surface area (Å²) in [5.41, 5.74) is 7.13. The Labute approximate surface area is 125 Å². The SMILES string of the molecule is COC[C@@]1(C(N)=S)[C@H](c2ccc(C)cc2)[C@@H]1S(C)(=O)=O. The van der Waals surface area contributed by atoms with Crippen LogP contribution in [-0.2, 0) is 14.6 Å². The van der Waals surface area contributed by atoms with Crippen LogP contribution in [-0.4, -0.2) is 38.6 Å². The summed E-state index contributed by atoms with van der Waals surface area (Å²) < 4.78 is 29.3. The number of rotatable bonds is 5. The molecule has 0 heterocycles. The van der Waals surface area contributed by atoms with Crippen LogP contribution in [0.1, 0.15) is 17.0 Å². The van der Waals surface area contributed by atoms with E-state index in [1.165, 1.54) is 13.4 Å². The molecule has 6 heteroatoms. The van der Waals surface area contributed by atoms with Gasteiger partial charge in [-0.25, -0.2) is 8.42 Å². The number of hydrogen-bond donors (Lipinski definition) is 1. The topological polar surface area (TPSA) is 69.4 Å². The molecule has 1 aliphatic rings. The normalized spacial score (nSPS) is 29.1. The highest BCUT2D eigenvalue weighted by Gasteiger charge is 2.71. The third-order valence-electron chi connectivity index (χ3n) is 4.00. The molecule has 0 aromatic heterocycles. The van der Waals surface area contributed by atoms with E-state index < -0.39 is 20.5 Å². The lowest BCUT2D eigenvalue weighted by molar-refractivity contribution is 0.166. The number of benzene rings is 1. The van der Waals surface area contributed by atoms with Crippen LogP contribution in [0.2, 0.25) is 0 Å². The summed E-state index contributed by atoms with van der Waals surface area (Å²) in [5.74, 6) is -0.226. The molecular formula is C14H19NO3S2. The molecule has 1 fully saturated rings. The molecule has 4 nitrogen and oxygen atoms in total. The third-order valence-corrected chi connectivity index (χ3v) is 5.99. The van der Waals surface area contributed by atoms with Gasteiger partial charge in [-0.1, -0.05) is 42.0 Å². The summed E-state index contributed by atoms with van der Waals surface area (Å²) in [4.78, 5) is 0.209. The van der Waals surface area contributed by atoms with Gasteiger partial charge < -0.3 is 10.5 Å². The van der Waals surface area contributed by atoms with Crippen LogP contribution in [0.5, 0.6) is 0 Å². The van der Waals surface area contributed by atoms with E-state index in [-0.39, 0.29) is 17.5 Å². The van der Waals surface area contributed by atoms with Crippen LogP contribution >= 0.6 is 12.2 Å². The van der Waals surface area contributed by atoms with Crippen molar-refractivity contribution in [3.63, 3.8) is 0 Å². The largest absolute Gasteiger partial charge is 0.393 e. The average molecular weight is 313 g/mol. The molecule has 2 N–H and O–H groups in total. The van der Waals surface area contributed by atoms with E-state index in [0.717, 1.165) is 11.1 Å². The second-order valence-electron chi connectivity index (χ2n) is 5.48. The molecule has 0 aliphatic heterocycles. The molecule has 1 aromatic carbocycles. The van der Waals surface area contributed by atoms with Gasteiger partial charge in [-0.15, -0.1) is 0 Å². The van der Waals surface area contributed by atoms with Crippen LogP contribution in [0.3, 0.4) is 0 Å². The van der Waals surface area contributed by atoms with Crippen LogP contribution in [0.15, 0.2) is 24.3 Å². The molecule has 0 saturated heterocycles. The minimum Gasteiger partial charge on any atom is -0.393 e. The van der Waals surface area contributed by atoms with Crippen LogP contribution in [0, 0.1) is 12.3 Å². The van der Waals surface area contributed by atoms with E-state index in [4.69, 9.17) is 22.7 Å². The highest BCUT2D eigenvalue weighted by Crippen LogP contribution is 2.63. The standard InChI is InChI=1S/C14H19NO3S2/c1-9-4-6-10(7-5-9)11-12(20(3,16)17)14(11,8-18-2)13(15)19/h4-7,11-12H,8H2,1-3H3,(H2,15,19)/t11-,12+,14-/m1/s1. The van der Waals surface area contributed by atoms with Gasteiger partial charge in [0.1, 0.15) is 0 Å².